The van der Waals surface area contributed by atoms with Gasteiger partial charge in [0.1, 0.15) is 0 Å². The third-order valence-electron chi connectivity index (χ3n) is 3.44. The molecule has 0 spiro atoms. The quantitative estimate of drug-likeness (QED) is 0.627. The molecular formula is C20H17NO2. The lowest BCUT2D eigenvalue weighted by Crippen LogP contribution is -2.05. The molecule has 0 N–H and O–H groups in total. The van der Waals surface area contributed by atoms with Gasteiger partial charge >= 0.3 is 5.97 Å². The van der Waals surface area contributed by atoms with Crippen molar-refractivity contribution in [3.8, 4) is 0 Å². The minimum atomic E-state index is -0.415. The summed E-state index contributed by atoms with van der Waals surface area (Å²) in [5.74, 6) is -0.0558. The first-order valence-corrected chi connectivity index (χ1v) is 7.45. The molecular weight excluding hydrogens is 286 g/mol. The van der Waals surface area contributed by atoms with E-state index in [0.29, 0.717) is 11.6 Å². The highest BCUT2D eigenvalue weighted by Gasteiger charge is 2.23. The zero-order valence-electron chi connectivity index (χ0n) is 13.1. The predicted octanol–water partition coefficient (Wildman–Crippen LogP) is 4.29. The third-order valence-corrected chi connectivity index (χ3v) is 3.44. The molecule has 23 heavy (non-hydrogen) atoms. The van der Waals surface area contributed by atoms with Crippen LogP contribution >= 0.6 is 0 Å². The molecule has 1 aliphatic rings. The van der Waals surface area contributed by atoms with Crippen LogP contribution in [0.4, 0.5) is 0 Å². The summed E-state index contributed by atoms with van der Waals surface area (Å²) in [6.45, 7) is 3.93. The Morgan fingerprint density at radius 2 is 1.87 bits per heavy atom. The van der Waals surface area contributed by atoms with Crippen molar-refractivity contribution in [3.05, 3.63) is 88.6 Å². The van der Waals surface area contributed by atoms with Gasteiger partial charge in [0.25, 0.3) is 0 Å². The highest BCUT2D eigenvalue weighted by molar-refractivity contribution is 6.11. The van der Waals surface area contributed by atoms with E-state index in [2.05, 4.69) is 4.99 Å². The molecule has 0 radical (unpaired) electrons. The summed E-state index contributed by atoms with van der Waals surface area (Å²) in [4.78, 5) is 16.3. The number of hydrogen-bond acceptors (Lipinski definition) is 3. The van der Waals surface area contributed by atoms with E-state index in [4.69, 9.17) is 4.74 Å². The summed E-state index contributed by atoms with van der Waals surface area (Å²) in [5, 5.41) is 0. The lowest BCUT2D eigenvalue weighted by Gasteiger charge is -1.99. The fourth-order valence-corrected chi connectivity index (χ4v) is 2.38. The Bertz CT molecular complexity index is 830. The van der Waals surface area contributed by atoms with Gasteiger partial charge in [-0.3, -0.25) is 0 Å². The average Bonchev–Trinajstić information content (AvgIpc) is 2.89. The highest BCUT2D eigenvalue weighted by atomic mass is 16.6. The van der Waals surface area contributed by atoms with Gasteiger partial charge in [-0.1, -0.05) is 54.1 Å². The van der Waals surface area contributed by atoms with Crippen molar-refractivity contribution in [1.29, 1.82) is 0 Å². The smallest absolute Gasteiger partial charge is 0.363 e. The van der Waals surface area contributed by atoms with E-state index in [0.717, 1.165) is 22.3 Å². The number of ether oxygens (including phenoxy) is 1. The topological polar surface area (TPSA) is 38.7 Å². The predicted molar refractivity (Wildman–Crippen MR) is 92.0 cm³/mol. The van der Waals surface area contributed by atoms with Crippen LogP contribution in [0.5, 0.6) is 0 Å². The number of carbonyl (C=O) groups is 1. The van der Waals surface area contributed by atoms with E-state index in [1.165, 1.54) is 0 Å². The number of benzene rings is 2. The molecule has 0 unspecified atom stereocenters. The molecule has 0 saturated carbocycles. The minimum absolute atomic E-state index is 0.325. The maximum absolute atomic E-state index is 12.0. The largest absolute Gasteiger partial charge is 0.402 e. The second-order valence-corrected chi connectivity index (χ2v) is 5.50. The molecule has 2 aromatic carbocycles. The summed E-state index contributed by atoms with van der Waals surface area (Å²) >= 11 is 0. The number of rotatable bonds is 3. The lowest BCUT2D eigenvalue weighted by molar-refractivity contribution is -0.130. The number of cyclic esters (lactones) is 1. The Balaban J connectivity index is 1.88. The van der Waals surface area contributed by atoms with Crippen LogP contribution < -0.4 is 0 Å². The minimum Gasteiger partial charge on any atom is -0.402 e. The van der Waals surface area contributed by atoms with Crippen molar-refractivity contribution in [2.75, 3.05) is 0 Å². The summed E-state index contributed by atoms with van der Waals surface area (Å²) in [7, 11) is 0. The van der Waals surface area contributed by atoms with E-state index in [-0.39, 0.29) is 0 Å². The zero-order valence-corrected chi connectivity index (χ0v) is 13.1. The number of aryl methyl sites for hydroxylation is 1. The molecule has 3 heteroatoms. The SMILES string of the molecule is CC(/C=C1\N=C(c2cccc(C)c2)OC1=O)=C\c1ccccc1. The molecule has 0 saturated heterocycles. The maximum atomic E-state index is 12.0. The Kier molecular flexibility index (Phi) is 4.20. The van der Waals surface area contributed by atoms with E-state index >= 15 is 0 Å². The normalized spacial score (nSPS) is 16.4. The molecule has 0 amide bonds. The summed E-state index contributed by atoms with van der Waals surface area (Å²) < 4.78 is 5.28. The van der Waals surface area contributed by atoms with Gasteiger partial charge in [-0.2, -0.15) is 0 Å². The summed E-state index contributed by atoms with van der Waals surface area (Å²) in [6.07, 6.45) is 3.75. The molecule has 0 fully saturated rings. The Morgan fingerprint density at radius 1 is 1.09 bits per heavy atom. The van der Waals surface area contributed by atoms with Crippen molar-refractivity contribution < 1.29 is 9.53 Å². The Hall–Kier alpha value is -2.94. The number of hydrogen-bond donors (Lipinski definition) is 0. The second-order valence-electron chi connectivity index (χ2n) is 5.50. The molecule has 114 valence electrons. The molecule has 1 heterocycles. The van der Waals surface area contributed by atoms with Gasteiger partial charge in [-0.05, 0) is 43.2 Å². The fourth-order valence-electron chi connectivity index (χ4n) is 2.38. The van der Waals surface area contributed by atoms with Gasteiger partial charge in [-0.15, -0.1) is 0 Å². The maximum Gasteiger partial charge on any atom is 0.363 e. The van der Waals surface area contributed by atoms with Crippen molar-refractivity contribution in [3.63, 3.8) is 0 Å². The van der Waals surface area contributed by atoms with Gasteiger partial charge in [0.15, 0.2) is 5.70 Å². The summed E-state index contributed by atoms with van der Waals surface area (Å²) in [5.41, 5.74) is 4.25. The molecule has 3 rings (SSSR count). The molecule has 3 nitrogen and oxygen atoms in total. The van der Waals surface area contributed by atoms with Gasteiger partial charge in [0.2, 0.25) is 5.90 Å². The van der Waals surface area contributed by atoms with E-state index in [1.54, 1.807) is 6.08 Å². The van der Waals surface area contributed by atoms with Crippen LogP contribution in [0.15, 0.2) is 76.9 Å². The van der Waals surface area contributed by atoms with Gasteiger partial charge in [0.05, 0.1) is 0 Å². The molecule has 1 aliphatic heterocycles. The first-order chi connectivity index (χ1) is 11.1. The van der Waals surface area contributed by atoms with Crippen molar-refractivity contribution >= 4 is 17.9 Å². The molecule has 0 atom stereocenters. The number of carbonyl (C=O) groups excluding carboxylic acids is 1. The standard InChI is InChI=1S/C20H17NO2/c1-14-7-6-10-17(12-14)19-21-18(20(22)23-19)13-15(2)11-16-8-4-3-5-9-16/h3-13H,1-2H3/b15-11+,18-13-. The van der Waals surface area contributed by atoms with Crippen LogP contribution in [0.1, 0.15) is 23.6 Å². The number of allylic oxidation sites excluding steroid dienone is 2. The van der Waals surface area contributed by atoms with Crippen LogP contribution in [-0.4, -0.2) is 11.9 Å². The third kappa shape index (κ3) is 3.64. The summed E-state index contributed by atoms with van der Waals surface area (Å²) in [6, 6.07) is 17.7. The molecule has 0 bridgehead atoms. The molecule has 0 aliphatic carbocycles. The van der Waals surface area contributed by atoms with Crippen LogP contribution in [0.25, 0.3) is 6.08 Å². The Morgan fingerprint density at radius 3 is 2.61 bits per heavy atom. The van der Waals surface area contributed by atoms with Gasteiger partial charge < -0.3 is 4.74 Å². The van der Waals surface area contributed by atoms with Crippen LogP contribution in [0.3, 0.4) is 0 Å². The highest BCUT2D eigenvalue weighted by Crippen LogP contribution is 2.19. The number of aliphatic imine (C=N–C) groups is 1. The first kappa shape index (κ1) is 15.0. The van der Waals surface area contributed by atoms with Crippen molar-refractivity contribution in [2.24, 2.45) is 4.99 Å². The lowest BCUT2D eigenvalue weighted by atomic mass is 10.1. The second kappa shape index (κ2) is 6.44. The molecule has 0 aromatic heterocycles. The van der Waals surface area contributed by atoms with E-state index in [1.807, 2.05) is 74.5 Å². The number of esters is 1. The monoisotopic (exact) mass is 303 g/mol. The van der Waals surface area contributed by atoms with Gasteiger partial charge in [0, 0.05) is 5.56 Å². The van der Waals surface area contributed by atoms with Crippen molar-refractivity contribution in [1.82, 2.24) is 0 Å². The first-order valence-electron chi connectivity index (χ1n) is 7.45. The van der Waals surface area contributed by atoms with Crippen LogP contribution in [0.2, 0.25) is 0 Å². The zero-order chi connectivity index (χ0) is 16.2. The molecule has 2 aromatic rings. The Labute approximate surface area is 135 Å². The van der Waals surface area contributed by atoms with Gasteiger partial charge in [-0.25, -0.2) is 9.79 Å². The average molecular weight is 303 g/mol. The van der Waals surface area contributed by atoms with E-state index < -0.39 is 5.97 Å². The number of nitrogens with zero attached hydrogens (tertiary/aromatic N) is 1. The van der Waals surface area contributed by atoms with Crippen LogP contribution in [0, 0.1) is 6.92 Å². The van der Waals surface area contributed by atoms with E-state index in [9.17, 15) is 4.79 Å². The van der Waals surface area contributed by atoms with Crippen molar-refractivity contribution in [2.45, 2.75) is 13.8 Å². The van der Waals surface area contributed by atoms with Crippen LogP contribution in [-0.2, 0) is 9.53 Å². The fraction of sp³-hybridized carbons (Fsp3) is 0.100.